The third-order valence-corrected chi connectivity index (χ3v) is 3.42. The minimum Gasteiger partial charge on any atom is -0.490 e. The number of rotatable bonds is 9. The van der Waals surface area contributed by atoms with Gasteiger partial charge in [0.25, 0.3) is 0 Å². The van der Waals surface area contributed by atoms with Crippen LogP contribution in [0.1, 0.15) is 37.8 Å². The molecule has 0 radical (unpaired) electrons. The molecule has 2 rings (SSSR count). The van der Waals surface area contributed by atoms with E-state index >= 15 is 0 Å². The molecule has 0 heterocycles. The maximum atomic E-state index is 5.77. The fourth-order valence-electron chi connectivity index (χ4n) is 2.17. The molecule has 1 aromatic rings. The highest BCUT2D eigenvalue weighted by molar-refractivity contribution is 5.30. The molecule has 1 aromatic carbocycles. The van der Waals surface area contributed by atoms with Crippen LogP contribution in [0, 0.1) is 0 Å². The number of hydrogen-bond donors (Lipinski definition) is 1. The standard InChI is InChI=1S/C16H25NO3/c1-4-11-17-15(16(18-2)19-3)12-5-7-13(8-6-12)20-14-9-10-14/h5-8,14-17H,4,9-11H2,1-3H3. The third-order valence-electron chi connectivity index (χ3n) is 3.42. The first-order valence-electron chi connectivity index (χ1n) is 7.34. The van der Waals surface area contributed by atoms with Gasteiger partial charge in [0.15, 0.2) is 6.29 Å². The molecule has 0 amide bonds. The normalized spacial score (nSPS) is 16.4. The van der Waals surface area contributed by atoms with Crippen LogP contribution in [0.25, 0.3) is 0 Å². The van der Waals surface area contributed by atoms with Crippen molar-refractivity contribution in [2.75, 3.05) is 20.8 Å². The van der Waals surface area contributed by atoms with Crippen LogP contribution < -0.4 is 10.1 Å². The molecule has 1 aliphatic rings. The lowest BCUT2D eigenvalue weighted by Crippen LogP contribution is -2.35. The van der Waals surface area contributed by atoms with Crippen LogP contribution in [0.4, 0.5) is 0 Å². The van der Waals surface area contributed by atoms with Crippen molar-refractivity contribution in [3.05, 3.63) is 29.8 Å². The van der Waals surface area contributed by atoms with Crippen molar-refractivity contribution in [2.24, 2.45) is 0 Å². The van der Waals surface area contributed by atoms with Gasteiger partial charge in [-0.05, 0) is 43.5 Å². The van der Waals surface area contributed by atoms with Crippen LogP contribution in [0.5, 0.6) is 5.75 Å². The van der Waals surface area contributed by atoms with Crippen molar-refractivity contribution in [1.82, 2.24) is 5.32 Å². The summed E-state index contributed by atoms with van der Waals surface area (Å²) >= 11 is 0. The molecule has 20 heavy (non-hydrogen) atoms. The second kappa shape index (κ2) is 7.62. The molecule has 0 saturated heterocycles. The van der Waals surface area contributed by atoms with E-state index in [4.69, 9.17) is 14.2 Å². The maximum absolute atomic E-state index is 5.77. The summed E-state index contributed by atoms with van der Waals surface area (Å²) in [6, 6.07) is 8.24. The smallest absolute Gasteiger partial charge is 0.176 e. The molecule has 112 valence electrons. The molecule has 1 fully saturated rings. The van der Waals surface area contributed by atoms with Gasteiger partial charge < -0.3 is 19.5 Å². The second-order valence-corrected chi connectivity index (χ2v) is 5.16. The predicted octanol–water partition coefficient (Wildman–Crippen LogP) is 2.89. The van der Waals surface area contributed by atoms with Crippen molar-refractivity contribution in [2.45, 2.75) is 44.6 Å². The van der Waals surface area contributed by atoms with E-state index in [9.17, 15) is 0 Å². The summed E-state index contributed by atoms with van der Waals surface area (Å²) in [5.41, 5.74) is 1.15. The summed E-state index contributed by atoms with van der Waals surface area (Å²) in [6.07, 6.45) is 3.56. The van der Waals surface area contributed by atoms with Crippen molar-refractivity contribution >= 4 is 0 Å². The molecule has 0 spiro atoms. The van der Waals surface area contributed by atoms with Gasteiger partial charge in [-0.2, -0.15) is 0 Å². The molecule has 0 aromatic heterocycles. The lowest BCUT2D eigenvalue weighted by molar-refractivity contribution is -0.124. The molecule has 1 aliphatic carbocycles. The van der Waals surface area contributed by atoms with E-state index < -0.39 is 0 Å². The molecule has 1 saturated carbocycles. The Morgan fingerprint density at radius 2 is 1.80 bits per heavy atom. The Bertz CT molecular complexity index is 385. The number of methoxy groups -OCH3 is 2. The first kappa shape index (κ1) is 15.3. The van der Waals surface area contributed by atoms with Crippen molar-refractivity contribution in [3.63, 3.8) is 0 Å². The molecule has 4 nitrogen and oxygen atoms in total. The molecule has 4 heteroatoms. The zero-order valence-electron chi connectivity index (χ0n) is 12.6. The summed E-state index contributed by atoms with van der Waals surface area (Å²) < 4.78 is 16.6. The summed E-state index contributed by atoms with van der Waals surface area (Å²) in [5, 5.41) is 3.47. The largest absolute Gasteiger partial charge is 0.490 e. The van der Waals surface area contributed by atoms with Gasteiger partial charge in [0.05, 0.1) is 12.1 Å². The number of nitrogens with one attached hydrogen (secondary N) is 1. The van der Waals surface area contributed by atoms with Gasteiger partial charge in [0.1, 0.15) is 5.75 Å². The van der Waals surface area contributed by atoms with Crippen LogP contribution in [-0.4, -0.2) is 33.2 Å². The van der Waals surface area contributed by atoms with E-state index in [1.54, 1.807) is 14.2 Å². The number of benzene rings is 1. The van der Waals surface area contributed by atoms with Gasteiger partial charge in [-0.25, -0.2) is 0 Å². The molecule has 0 bridgehead atoms. The topological polar surface area (TPSA) is 39.7 Å². The first-order valence-corrected chi connectivity index (χ1v) is 7.34. The minimum absolute atomic E-state index is 0.0277. The highest BCUT2D eigenvalue weighted by Crippen LogP contribution is 2.28. The fourth-order valence-corrected chi connectivity index (χ4v) is 2.17. The third kappa shape index (κ3) is 4.20. The van der Waals surface area contributed by atoms with Gasteiger partial charge in [0.2, 0.25) is 0 Å². The number of ether oxygens (including phenoxy) is 3. The second-order valence-electron chi connectivity index (χ2n) is 5.16. The highest BCUT2D eigenvalue weighted by atomic mass is 16.7. The van der Waals surface area contributed by atoms with E-state index in [1.807, 2.05) is 12.1 Å². The Hall–Kier alpha value is -1.10. The van der Waals surface area contributed by atoms with E-state index in [2.05, 4.69) is 24.4 Å². The SMILES string of the molecule is CCCNC(c1ccc(OC2CC2)cc1)C(OC)OC. The van der Waals surface area contributed by atoms with E-state index in [1.165, 1.54) is 12.8 Å². The lowest BCUT2D eigenvalue weighted by Gasteiger charge is -2.26. The predicted molar refractivity (Wildman–Crippen MR) is 78.9 cm³/mol. The van der Waals surface area contributed by atoms with Crippen molar-refractivity contribution < 1.29 is 14.2 Å². The summed E-state index contributed by atoms with van der Waals surface area (Å²) in [7, 11) is 3.33. The average molecular weight is 279 g/mol. The Morgan fingerprint density at radius 3 is 2.30 bits per heavy atom. The quantitative estimate of drug-likeness (QED) is 0.706. The van der Waals surface area contributed by atoms with Crippen LogP contribution in [-0.2, 0) is 9.47 Å². The first-order chi connectivity index (χ1) is 9.78. The number of hydrogen-bond acceptors (Lipinski definition) is 4. The van der Waals surface area contributed by atoms with Crippen molar-refractivity contribution in [3.8, 4) is 5.75 Å². The summed E-state index contributed by atoms with van der Waals surface area (Å²) in [6.45, 7) is 3.07. The highest BCUT2D eigenvalue weighted by Gasteiger charge is 2.24. The molecule has 1 unspecified atom stereocenters. The monoisotopic (exact) mass is 279 g/mol. The Morgan fingerprint density at radius 1 is 1.15 bits per heavy atom. The van der Waals surface area contributed by atoms with Gasteiger partial charge in [-0.15, -0.1) is 0 Å². The minimum atomic E-state index is -0.295. The van der Waals surface area contributed by atoms with E-state index in [-0.39, 0.29) is 12.3 Å². The molecule has 1 N–H and O–H groups in total. The van der Waals surface area contributed by atoms with Gasteiger partial charge in [-0.3, -0.25) is 0 Å². The summed E-state index contributed by atoms with van der Waals surface area (Å²) in [4.78, 5) is 0. The van der Waals surface area contributed by atoms with E-state index in [0.29, 0.717) is 6.10 Å². The average Bonchev–Trinajstić information content (AvgIpc) is 3.28. The van der Waals surface area contributed by atoms with Crippen molar-refractivity contribution in [1.29, 1.82) is 0 Å². The molecular weight excluding hydrogens is 254 g/mol. The Balaban J connectivity index is 2.05. The lowest BCUT2D eigenvalue weighted by atomic mass is 10.1. The molecule has 1 atom stereocenters. The van der Waals surface area contributed by atoms with Gasteiger partial charge >= 0.3 is 0 Å². The summed E-state index contributed by atoms with van der Waals surface area (Å²) in [5.74, 6) is 0.942. The Labute approximate surface area is 121 Å². The van der Waals surface area contributed by atoms with Crippen LogP contribution >= 0.6 is 0 Å². The Kier molecular flexibility index (Phi) is 5.83. The van der Waals surface area contributed by atoms with Crippen LogP contribution in [0.3, 0.4) is 0 Å². The fraction of sp³-hybridized carbons (Fsp3) is 0.625. The van der Waals surface area contributed by atoms with Gasteiger partial charge in [0, 0.05) is 14.2 Å². The van der Waals surface area contributed by atoms with Crippen LogP contribution in [0.15, 0.2) is 24.3 Å². The molecule has 0 aliphatic heterocycles. The van der Waals surface area contributed by atoms with Gasteiger partial charge in [-0.1, -0.05) is 19.1 Å². The van der Waals surface area contributed by atoms with Crippen LogP contribution in [0.2, 0.25) is 0 Å². The maximum Gasteiger partial charge on any atom is 0.176 e. The zero-order chi connectivity index (χ0) is 14.4. The molecular formula is C16H25NO3. The van der Waals surface area contributed by atoms with E-state index in [0.717, 1.165) is 24.3 Å². The zero-order valence-corrected chi connectivity index (χ0v) is 12.6.